The Kier molecular flexibility index (Phi) is 4.66. The Morgan fingerprint density at radius 3 is 2.62 bits per heavy atom. The Bertz CT molecular complexity index is 1570. The lowest BCUT2D eigenvalue weighted by atomic mass is 9.77. The molecule has 1 aromatic carbocycles. The molecule has 3 aliphatic rings. The number of imidazole rings is 1. The van der Waals surface area contributed by atoms with Gasteiger partial charge in [0.05, 0.1) is 35.0 Å². The molecule has 37 heavy (non-hydrogen) atoms. The van der Waals surface area contributed by atoms with Gasteiger partial charge in [-0.3, -0.25) is 9.78 Å². The second kappa shape index (κ2) is 7.75. The number of rotatable bonds is 4. The van der Waals surface area contributed by atoms with Gasteiger partial charge in [0.15, 0.2) is 0 Å². The van der Waals surface area contributed by atoms with Gasteiger partial charge in [0, 0.05) is 42.6 Å². The van der Waals surface area contributed by atoms with Crippen molar-refractivity contribution in [3.8, 4) is 17.0 Å². The maximum absolute atomic E-state index is 13.3. The first-order valence-electron chi connectivity index (χ1n) is 12.2. The smallest absolute Gasteiger partial charge is 0.387 e. The monoisotopic (exact) mass is 503 g/mol. The van der Waals surface area contributed by atoms with Crippen LogP contribution in [0.5, 0.6) is 5.75 Å². The molecule has 3 aromatic heterocycles. The van der Waals surface area contributed by atoms with Crippen molar-refractivity contribution >= 4 is 16.9 Å². The van der Waals surface area contributed by atoms with Crippen LogP contribution in [0.25, 0.3) is 22.3 Å². The SMILES string of the molecule is CN1C(=O)c2cccc(OC(F)F)c2[C@H]2C[C@@H]1c1nc3cnc(-c4cnc(C5(N)CCC5)nc4)cc3n12. The van der Waals surface area contributed by atoms with Crippen LogP contribution in [-0.4, -0.2) is 49.0 Å². The fourth-order valence-corrected chi connectivity index (χ4v) is 5.84. The van der Waals surface area contributed by atoms with Crippen molar-refractivity contribution in [3.63, 3.8) is 0 Å². The molecular formula is C26H23F2N7O2. The predicted octanol–water partition coefficient (Wildman–Crippen LogP) is 3.95. The summed E-state index contributed by atoms with van der Waals surface area (Å²) in [5.74, 6) is 1.07. The predicted molar refractivity (Wildman–Crippen MR) is 129 cm³/mol. The molecule has 2 aliphatic heterocycles. The van der Waals surface area contributed by atoms with Gasteiger partial charge in [0.1, 0.15) is 22.9 Å². The van der Waals surface area contributed by atoms with Crippen molar-refractivity contribution in [3.05, 3.63) is 65.6 Å². The maximum atomic E-state index is 13.3. The second-order valence-electron chi connectivity index (χ2n) is 9.98. The summed E-state index contributed by atoms with van der Waals surface area (Å²) in [6.07, 6.45) is 8.45. The van der Waals surface area contributed by atoms with Crippen LogP contribution < -0.4 is 10.5 Å². The number of aromatic nitrogens is 5. The summed E-state index contributed by atoms with van der Waals surface area (Å²) >= 11 is 0. The normalized spacial score (nSPS) is 21.5. The van der Waals surface area contributed by atoms with E-state index in [-0.39, 0.29) is 17.7 Å². The molecule has 11 heteroatoms. The Hall–Kier alpha value is -3.99. The standard InChI is InChI=1S/C26H23F2N7O2/c1-34-19-9-18(21-14(23(34)36)4-2-5-20(21)37-25(27)28)35-17-8-15(30-12-16(17)33-22(19)35)13-10-31-24(32-11-13)26(29)6-3-7-26/h2,4-5,8,10-12,18-19,25H,3,6-7,9,29H2,1H3/t18-,19-/m1/s1. The van der Waals surface area contributed by atoms with E-state index in [4.69, 9.17) is 15.5 Å². The molecule has 2 bridgehead atoms. The molecule has 1 amide bonds. The number of halogens is 2. The van der Waals surface area contributed by atoms with Crippen LogP contribution in [-0.2, 0) is 5.54 Å². The fourth-order valence-electron chi connectivity index (χ4n) is 5.84. The van der Waals surface area contributed by atoms with E-state index >= 15 is 0 Å². The van der Waals surface area contributed by atoms with Crippen molar-refractivity contribution in [1.29, 1.82) is 0 Å². The average Bonchev–Trinajstić information content (AvgIpc) is 3.40. The minimum atomic E-state index is -3.01. The molecular weight excluding hydrogens is 480 g/mol. The van der Waals surface area contributed by atoms with Crippen LogP contribution in [0.4, 0.5) is 8.78 Å². The summed E-state index contributed by atoms with van der Waals surface area (Å²) in [7, 11) is 1.71. The molecule has 5 heterocycles. The minimum Gasteiger partial charge on any atom is -0.434 e. The molecule has 1 saturated carbocycles. The molecule has 2 atom stereocenters. The van der Waals surface area contributed by atoms with Crippen molar-refractivity contribution < 1.29 is 18.3 Å². The highest BCUT2D eigenvalue weighted by Gasteiger charge is 2.45. The lowest BCUT2D eigenvalue weighted by molar-refractivity contribution is -0.0507. The van der Waals surface area contributed by atoms with Crippen LogP contribution >= 0.6 is 0 Å². The van der Waals surface area contributed by atoms with Crippen LogP contribution in [0.2, 0.25) is 0 Å². The van der Waals surface area contributed by atoms with Crippen molar-refractivity contribution in [2.24, 2.45) is 5.73 Å². The van der Waals surface area contributed by atoms with E-state index in [2.05, 4.69) is 15.0 Å². The zero-order chi connectivity index (χ0) is 25.5. The number of alkyl halides is 2. The third kappa shape index (κ3) is 3.19. The number of carbonyl (C=O) groups excluding carboxylic acids is 1. The number of carbonyl (C=O) groups is 1. The summed E-state index contributed by atoms with van der Waals surface area (Å²) in [5.41, 5.74) is 9.53. The molecule has 2 N–H and O–H groups in total. The first kappa shape index (κ1) is 22.2. The molecule has 188 valence electrons. The highest BCUT2D eigenvalue weighted by atomic mass is 19.3. The Labute approximate surface area is 210 Å². The van der Waals surface area contributed by atoms with E-state index in [1.807, 2.05) is 10.6 Å². The van der Waals surface area contributed by atoms with Crippen LogP contribution in [0.1, 0.15) is 65.3 Å². The highest BCUT2D eigenvalue weighted by Crippen LogP contribution is 2.50. The van der Waals surface area contributed by atoms with Crippen molar-refractivity contribution in [2.75, 3.05) is 7.05 Å². The molecule has 1 aliphatic carbocycles. The fraction of sp³-hybridized carbons (Fsp3) is 0.346. The van der Waals surface area contributed by atoms with Crippen LogP contribution in [0.15, 0.2) is 42.9 Å². The van der Waals surface area contributed by atoms with E-state index in [1.54, 1.807) is 42.7 Å². The molecule has 1 fully saturated rings. The van der Waals surface area contributed by atoms with E-state index in [1.165, 1.54) is 6.07 Å². The van der Waals surface area contributed by atoms with Crippen LogP contribution in [0.3, 0.4) is 0 Å². The van der Waals surface area contributed by atoms with Gasteiger partial charge in [0.25, 0.3) is 5.91 Å². The highest BCUT2D eigenvalue weighted by molar-refractivity contribution is 5.98. The first-order chi connectivity index (χ1) is 17.8. The summed E-state index contributed by atoms with van der Waals surface area (Å²) in [5, 5.41) is 0. The third-order valence-electron chi connectivity index (χ3n) is 7.93. The minimum absolute atomic E-state index is 0.000392. The van der Waals surface area contributed by atoms with Gasteiger partial charge in [-0.05, 0) is 37.5 Å². The van der Waals surface area contributed by atoms with Gasteiger partial charge in [-0.15, -0.1) is 0 Å². The molecule has 0 spiro atoms. The largest absolute Gasteiger partial charge is 0.434 e. The number of hydrogen-bond acceptors (Lipinski definition) is 7. The Morgan fingerprint density at radius 1 is 1.14 bits per heavy atom. The number of pyridine rings is 1. The van der Waals surface area contributed by atoms with Gasteiger partial charge in [-0.25, -0.2) is 15.0 Å². The second-order valence-corrected chi connectivity index (χ2v) is 9.98. The molecule has 0 unspecified atom stereocenters. The molecule has 4 aromatic rings. The summed E-state index contributed by atoms with van der Waals surface area (Å²) in [6, 6.07) is 5.88. The number of hydrogen-bond donors (Lipinski definition) is 1. The molecule has 9 nitrogen and oxygen atoms in total. The average molecular weight is 504 g/mol. The number of ether oxygens (including phenoxy) is 1. The quantitative estimate of drug-likeness (QED) is 0.449. The lowest BCUT2D eigenvalue weighted by Crippen LogP contribution is -2.44. The lowest BCUT2D eigenvalue weighted by Gasteiger charge is -2.36. The molecule has 0 radical (unpaired) electrons. The zero-order valence-electron chi connectivity index (χ0n) is 19.9. The molecule has 7 rings (SSSR count). The summed E-state index contributed by atoms with van der Waals surface area (Å²) in [4.78, 5) is 33.3. The number of amides is 1. The Morgan fingerprint density at radius 2 is 1.92 bits per heavy atom. The zero-order valence-corrected chi connectivity index (χ0v) is 19.9. The summed E-state index contributed by atoms with van der Waals surface area (Å²) < 4.78 is 33.5. The van der Waals surface area contributed by atoms with Gasteiger partial charge in [-0.2, -0.15) is 8.78 Å². The topological polar surface area (TPSA) is 112 Å². The third-order valence-corrected chi connectivity index (χ3v) is 7.93. The van der Waals surface area contributed by atoms with Crippen molar-refractivity contribution in [1.82, 2.24) is 29.4 Å². The maximum Gasteiger partial charge on any atom is 0.387 e. The van der Waals surface area contributed by atoms with Gasteiger partial charge in [-0.1, -0.05) is 6.07 Å². The van der Waals surface area contributed by atoms with Gasteiger partial charge < -0.3 is 19.9 Å². The number of nitrogens with zero attached hydrogens (tertiary/aromatic N) is 6. The van der Waals surface area contributed by atoms with Gasteiger partial charge >= 0.3 is 6.61 Å². The van der Waals surface area contributed by atoms with Crippen molar-refractivity contribution in [2.45, 2.75) is 49.9 Å². The summed E-state index contributed by atoms with van der Waals surface area (Å²) in [6.45, 7) is -3.01. The van der Waals surface area contributed by atoms with Gasteiger partial charge in [0.2, 0.25) is 0 Å². The van der Waals surface area contributed by atoms with E-state index < -0.39 is 18.2 Å². The van der Waals surface area contributed by atoms with E-state index in [0.29, 0.717) is 40.4 Å². The number of benzene rings is 1. The van der Waals surface area contributed by atoms with Crippen LogP contribution in [0, 0.1) is 0 Å². The Balaban J connectivity index is 1.37. The van der Waals surface area contributed by atoms with E-state index in [0.717, 1.165) is 30.3 Å². The number of fused-ring (bicyclic) bond motifs is 9. The number of nitrogens with two attached hydrogens (primary N) is 1. The first-order valence-corrected chi connectivity index (χ1v) is 12.2. The van der Waals surface area contributed by atoms with E-state index in [9.17, 15) is 13.6 Å². The molecule has 0 saturated heterocycles.